The van der Waals surface area contributed by atoms with E-state index in [0.29, 0.717) is 11.9 Å². The first-order valence-corrected chi connectivity index (χ1v) is 5.50. The molecule has 6 heteroatoms. The second-order valence-electron chi connectivity index (χ2n) is 3.08. The molecule has 0 spiro atoms. The van der Waals surface area contributed by atoms with Crippen LogP contribution >= 0.6 is 0 Å². The van der Waals surface area contributed by atoms with Gasteiger partial charge in [0.2, 0.25) is 0 Å². The highest BCUT2D eigenvalue weighted by Crippen LogP contribution is 2.00. The van der Waals surface area contributed by atoms with E-state index in [2.05, 4.69) is 9.72 Å². The largest absolute Gasteiger partial charge is 0.490 e. The molecule has 0 aliphatic heterocycles. The number of hydrogen-bond acceptors (Lipinski definition) is 5. The predicted molar refractivity (Wildman–Crippen MR) is 65.7 cm³/mol. The van der Waals surface area contributed by atoms with Crippen LogP contribution in [0.2, 0.25) is 0 Å². The second kappa shape index (κ2) is 8.72. The lowest BCUT2D eigenvalue weighted by Crippen LogP contribution is -2.30. The Morgan fingerprint density at radius 1 is 1.41 bits per heavy atom. The van der Waals surface area contributed by atoms with Crippen molar-refractivity contribution in [2.24, 2.45) is 0 Å². The molecular weight excluding hydrogens is 221 g/mol. The Morgan fingerprint density at radius 2 is 2.06 bits per heavy atom. The zero-order valence-corrected chi connectivity index (χ0v) is 10.4. The smallest absolute Gasteiger partial charge is 0.469 e. The number of methoxy groups -OCH3 is 1. The van der Waals surface area contributed by atoms with Gasteiger partial charge in [-0.05, 0) is 12.0 Å². The Labute approximate surface area is 102 Å². The van der Waals surface area contributed by atoms with Crippen molar-refractivity contribution >= 4 is 18.6 Å². The molecule has 0 unspecified atom stereocenters. The Hall–Kier alpha value is -1.40. The van der Waals surface area contributed by atoms with Crippen molar-refractivity contribution in [2.45, 2.75) is 26.7 Å². The Bertz CT molecular complexity index is 344. The van der Waals surface area contributed by atoms with Crippen molar-refractivity contribution in [3.63, 3.8) is 0 Å². The van der Waals surface area contributed by atoms with Gasteiger partial charge in [0, 0.05) is 24.3 Å². The highest BCUT2D eigenvalue weighted by Gasteiger charge is 2.11. The molecule has 2 N–H and O–H groups in total. The van der Waals surface area contributed by atoms with E-state index in [9.17, 15) is 4.79 Å². The fraction of sp³-hybridized carbons (Fsp3) is 0.455. The number of aryl methyl sites for hydroxylation is 1. The third-order valence-corrected chi connectivity index (χ3v) is 1.96. The summed E-state index contributed by atoms with van der Waals surface area (Å²) in [6.07, 6.45) is 3.67. The maximum absolute atomic E-state index is 10.9. The molecule has 94 valence electrons. The van der Waals surface area contributed by atoms with Gasteiger partial charge in [-0.15, -0.1) is 0 Å². The molecule has 1 rings (SSSR count). The third kappa shape index (κ3) is 6.04. The fourth-order valence-corrected chi connectivity index (χ4v) is 1.13. The van der Waals surface area contributed by atoms with Gasteiger partial charge < -0.3 is 14.8 Å². The average Bonchev–Trinajstić information content (AvgIpc) is 2.38. The monoisotopic (exact) mass is 239 g/mol. The fourth-order valence-electron chi connectivity index (χ4n) is 1.13. The van der Waals surface area contributed by atoms with E-state index in [1.807, 2.05) is 13.8 Å². The number of carbonyl (C=O) groups is 1. The van der Waals surface area contributed by atoms with Gasteiger partial charge in [-0.25, -0.2) is 0 Å². The van der Waals surface area contributed by atoms with Crippen molar-refractivity contribution in [1.29, 1.82) is 0 Å². The third-order valence-electron chi connectivity index (χ3n) is 1.96. The molecule has 17 heavy (non-hydrogen) atoms. The number of pyridine rings is 1. The summed E-state index contributed by atoms with van der Waals surface area (Å²) in [4.78, 5) is 14.7. The summed E-state index contributed by atoms with van der Waals surface area (Å²) in [6, 6.07) is 1.60. The number of carbonyl (C=O) groups excluding carboxylic acids is 1. The summed E-state index contributed by atoms with van der Waals surface area (Å²) in [5.41, 5.74) is 1.09. The molecule has 1 aromatic rings. The van der Waals surface area contributed by atoms with Crippen molar-refractivity contribution in [3.05, 3.63) is 24.0 Å². The van der Waals surface area contributed by atoms with Crippen molar-refractivity contribution < 1.29 is 19.6 Å². The van der Waals surface area contributed by atoms with E-state index >= 15 is 0 Å². The van der Waals surface area contributed by atoms with E-state index in [0.717, 1.165) is 5.56 Å². The van der Waals surface area contributed by atoms with E-state index in [1.165, 1.54) is 13.3 Å². The van der Waals surface area contributed by atoms with E-state index in [1.54, 1.807) is 12.3 Å². The molecule has 0 fully saturated rings. The molecule has 0 saturated carbocycles. The Kier molecular flexibility index (Phi) is 8.01. The van der Waals surface area contributed by atoms with Crippen LogP contribution in [0.25, 0.3) is 0 Å². The van der Waals surface area contributed by atoms with Crippen LogP contribution < -0.4 is 5.46 Å². The Morgan fingerprint density at radius 3 is 2.59 bits per heavy atom. The molecule has 0 atom stereocenters. The molecule has 0 amide bonds. The Balaban J connectivity index is 0.00000121. The van der Waals surface area contributed by atoms with Crippen LogP contribution in [0.1, 0.15) is 25.8 Å². The number of aromatic nitrogens is 1. The summed E-state index contributed by atoms with van der Waals surface area (Å²) in [5.74, 6) is -0.301. The number of hydrogen-bond donors (Lipinski definition) is 2. The summed E-state index contributed by atoms with van der Waals surface area (Å²) < 4.78 is 4.49. The first-order valence-electron chi connectivity index (χ1n) is 5.50. The molecule has 0 saturated heterocycles. The number of rotatable bonds is 4. The highest BCUT2D eigenvalue weighted by molar-refractivity contribution is 6.58. The summed E-state index contributed by atoms with van der Waals surface area (Å²) in [7, 11) is -0.204. The maximum Gasteiger partial charge on any atom is 0.490 e. The molecule has 0 aliphatic carbocycles. The van der Waals surface area contributed by atoms with Crippen LogP contribution in [0, 0.1) is 0 Å². The molecule has 0 aliphatic rings. The van der Waals surface area contributed by atoms with Gasteiger partial charge in [-0.3, -0.25) is 9.78 Å². The van der Waals surface area contributed by atoms with Gasteiger partial charge in [0.15, 0.2) is 0 Å². The minimum absolute atomic E-state index is 0.253. The lowest BCUT2D eigenvalue weighted by Gasteiger charge is -2.03. The van der Waals surface area contributed by atoms with Gasteiger partial charge >= 0.3 is 13.1 Å². The number of esters is 1. The highest BCUT2D eigenvalue weighted by atomic mass is 16.5. The van der Waals surface area contributed by atoms with Gasteiger partial charge in [0.25, 0.3) is 0 Å². The maximum atomic E-state index is 10.9. The van der Waals surface area contributed by atoms with Gasteiger partial charge in [-0.1, -0.05) is 19.9 Å². The molecule has 0 bridgehead atoms. The van der Waals surface area contributed by atoms with Crippen LogP contribution in [0.5, 0.6) is 0 Å². The van der Waals surface area contributed by atoms with Crippen LogP contribution in [0.4, 0.5) is 0 Å². The normalized spacial score (nSPS) is 9.00. The van der Waals surface area contributed by atoms with E-state index in [-0.39, 0.29) is 12.4 Å². The van der Waals surface area contributed by atoms with Crippen molar-refractivity contribution in [2.75, 3.05) is 7.11 Å². The molecule has 0 aromatic carbocycles. The quantitative estimate of drug-likeness (QED) is 0.566. The molecular formula is C11H18BNO4. The molecule has 1 heterocycles. The summed E-state index contributed by atoms with van der Waals surface area (Å²) >= 11 is 0. The van der Waals surface area contributed by atoms with Gasteiger partial charge in [0.05, 0.1) is 7.11 Å². The SMILES string of the molecule is CC.COC(=O)CCc1cncc(B(O)O)c1. The summed E-state index contributed by atoms with van der Waals surface area (Å²) in [6.45, 7) is 4.00. The van der Waals surface area contributed by atoms with E-state index in [4.69, 9.17) is 10.0 Å². The van der Waals surface area contributed by atoms with Crippen LogP contribution in [-0.2, 0) is 16.0 Å². The van der Waals surface area contributed by atoms with Gasteiger partial charge in [-0.2, -0.15) is 0 Å². The lowest BCUT2D eigenvalue weighted by molar-refractivity contribution is -0.140. The van der Waals surface area contributed by atoms with Crippen molar-refractivity contribution in [1.82, 2.24) is 4.98 Å². The van der Waals surface area contributed by atoms with Crippen LogP contribution in [0.15, 0.2) is 18.5 Å². The minimum atomic E-state index is -1.53. The van der Waals surface area contributed by atoms with Crippen LogP contribution in [0.3, 0.4) is 0 Å². The summed E-state index contributed by atoms with van der Waals surface area (Å²) in [5, 5.41) is 17.8. The van der Waals surface area contributed by atoms with Crippen LogP contribution in [-0.4, -0.2) is 35.2 Å². The standard InChI is InChI=1S/C9H12BNO4.C2H6/c1-15-9(12)3-2-7-4-8(10(13)14)6-11-5-7;1-2/h4-6,13-14H,2-3H2,1H3;1-2H3. The molecule has 0 radical (unpaired) electrons. The second-order valence-corrected chi connectivity index (χ2v) is 3.08. The first-order chi connectivity index (χ1) is 8.13. The number of nitrogens with zero attached hydrogens (tertiary/aromatic N) is 1. The zero-order chi connectivity index (χ0) is 13.3. The van der Waals surface area contributed by atoms with E-state index < -0.39 is 7.12 Å². The topological polar surface area (TPSA) is 79.7 Å². The average molecular weight is 239 g/mol. The predicted octanol–water partition coefficient (Wildman–Crippen LogP) is -0.107. The molecule has 5 nitrogen and oxygen atoms in total. The molecule has 1 aromatic heterocycles. The first kappa shape index (κ1) is 15.6. The zero-order valence-electron chi connectivity index (χ0n) is 10.4. The van der Waals surface area contributed by atoms with Crippen molar-refractivity contribution in [3.8, 4) is 0 Å². The lowest BCUT2D eigenvalue weighted by atomic mass is 9.81. The number of ether oxygens (including phenoxy) is 1. The van der Waals surface area contributed by atoms with Gasteiger partial charge in [0.1, 0.15) is 0 Å². The minimum Gasteiger partial charge on any atom is -0.469 e.